The topological polar surface area (TPSA) is 208 Å². The van der Waals surface area contributed by atoms with Crippen LogP contribution in [0.4, 0.5) is 0 Å². The Morgan fingerprint density at radius 3 is 1.95 bits per heavy atom. The third-order valence-electron chi connectivity index (χ3n) is 6.92. The number of amides is 1. The molecule has 2 aliphatic heterocycles. The average Bonchev–Trinajstić information content (AvgIpc) is 2.91. The maximum Gasteiger partial charge on any atom is 0.220 e. The second kappa shape index (κ2) is 17.7. The molecule has 2 aliphatic rings. The minimum atomic E-state index is -1.74. The molecule has 4 unspecified atom stereocenters. The van der Waals surface area contributed by atoms with Crippen LogP contribution in [-0.4, -0.2) is 129 Å². The minimum absolute atomic E-state index is 0.0198. The van der Waals surface area contributed by atoms with E-state index in [1.54, 1.807) is 0 Å². The van der Waals surface area contributed by atoms with Crippen LogP contribution in [0.5, 0.6) is 0 Å². The SMILES string of the molecule is CCCCCCCCCCC(=O)NCCOC1OC(CO)[C@H](OC2OC(CO)[C@H](O)[C@@H](O)[C@H]2O)[C@@H](O)[C@H]1O. The van der Waals surface area contributed by atoms with Crippen LogP contribution in [-0.2, 0) is 23.7 Å². The molecule has 1 amide bonds. The molecule has 2 rings (SSSR count). The summed E-state index contributed by atoms with van der Waals surface area (Å²) in [5, 5.41) is 72.9. The summed E-state index contributed by atoms with van der Waals surface area (Å²) in [7, 11) is 0. The van der Waals surface area contributed by atoms with Gasteiger partial charge in [-0.25, -0.2) is 0 Å². The van der Waals surface area contributed by atoms with Crippen LogP contribution < -0.4 is 5.32 Å². The lowest BCUT2D eigenvalue weighted by Crippen LogP contribution is -2.64. The van der Waals surface area contributed by atoms with E-state index < -0.39 is 74.6 Å². The molecule has 224 valence electrons. The zero-order valence-electron chi connectivity index (χ0n) is 22.1. The van der Waals surface area contributed by atoms with E-state index in [0.29, 0.717) is 6.42 Å². The predicted octanol–water partition coefficient (Wildman–Crippen LogP) is -1.73. The molecule has 38 heavy (non-hydrogen) atoms. The summed E-state index contributed by atoms with van der Waals surface area (Å²) < 4.78 is 21.8. The molecule has 13 heteroatoms. The van der Waals surface area contributed by atoms with E-state index in [9.17, 15) is 40.5 Å². The minimum Gasteiger partial charge on any atom is -0.394 e. The molecule has 2 saturated heterocycles. The number of aliphatic hydroxyl groups excluding tert-OH is 7. The first-order valence-electron chi connectivity index (χ1n) is 13.7. The molecule has 13 nitrogen and oxygen atoms in total. The van der Waals surface area contributed by atoms with Crippen molar-refractivity contribution in [2.24, 2.45) is 0 Å². The summed E-state index contributed by atoms with van der Waals surface area (Å²) in [6, 6.07) is 0. The van der Waals surface area contributed by atoms with Crippen molar-refractivity contribution in [3.63, 3.8) is 0 Å². The van der Waals surface area contributed by atoms with Gasteiger partial charge in [-0.05, 0) is 6.42 Å². The normalized spacial score (nSPS) is 35.8. The van der Waals surface area contributed by atoms with Crippen molar-refractivity contribution in [1.82, 2.24) is 5.32 Å². The molecule has 0 aliphatic carbocycles. The van der Waals surface area contributed by atoms with Crippen molar-refractivity contribution >= 4 is 5.91 Å². The Bertz CT molecular complexity index is 654. The third-order valence-corrected chi connectivity index (χ3v) is 6.92. The van der Waals surface area contributed by atoms with Gasteiger partial charge in [0.2, 0.25) is 5.91 Å². The second-order valence-electron chi connectivity index (χ2n) is 9.95. The highest BCUT2D eigenvalue weighted by molar-refractivity contribution is 5.75. The van der Waals surface area contributed by atoms with Crippen LogP contribution in [0.2, 0.25) is 0 Å². The van der Waals surface area contributed by atoms with Gasteiger partial charge in [0, 0.05) is 13.0 Å². The fourth-order valence-corrected chi connectivity index (χ4v) is 4.57. The van der Waals surface area contributed by atoms with Crippen molar-refractivity contribution in [2.45, 2.75) is 126 Å². The number of hydrogen-bond acceptors (Lipinski definition) is 12. The predicted molar refractivity (Wildman–Crippen MR) is 133 cm³/mol. The Balaban J connectivity index is 1.72. The van der Waals surface area contributed by atoms with Crippen molar-refractivity contribution in [1.29, 1.82) is 0 Å². The van der Waals surface area contributed by atoms with Crippen LogP contribution in [0.3, 0.4) is 0 Å². The van der Waals surface area contributed by atoms with Crippen molar-refractivity contribution in [2.75, 3.05) is 26.4 Å². The molecule has 2 heterocycles. The Morgan fingerprint density at radius 2 is 1.32 bits per heavy atom. The Labute approximate surface area is 223 Å². The van der Waals surface area contributed by atoms with E-state index in [1.807, 2.05) is 0 Å². The van der Waals surface area contributed by atoms with E-state index >= 15 is 0 Å². The van der Waals surface area contributed by atoms with Gasteiger partial charge >= 0.3 is 0 Å². The standard InChI is InChI=1S/C25H47NO12/c1-2-3-4-5-6-7-8-9-10-17(29)26-11-12-35-24-22(34)20(32)23(16(14-28)37-24)38-25-21(33)19(31)18(30)15(13-27)36-25/h15-16,18-25,27-28,30-34H,2-14H2,1H3,(H,26,29)/t15?,16?,18-,19+,20-,21+,22+,23-,24?,25?/m0/s1. The van der Waals surface area contributed by atoms with Gasteiger partial charge in [-0.2, -0.15) is 0 Å². The number of carbonyl (C=O) groups is 1. The van der Waals surface area contributed by atoms with E-state index in [1.165, 1.54) is 32.1 Å². The summed E-state index contributed by atoms with van der Waals surface area (Å²) in [5.41, 5.74) is 0. The Morgan fingerprint density at radius 1 is 0.737 bits per heavy atom. The van der Waals surface area contributed by atoms with E-state index in [4.69, 9.17) is 18.9 Å². The van der Waals surface area contributed by atoms with E-state index in [2.05, 4.69) is 12.2 Å². The van der Waals surface area contributed by atoms with Gasteiger partial charge in [0.05, 0.1) is 19.8 Å². The van der Waals surface area contributed by atoms with Crippen LogP contribution in [0.15, 0.2) is 0 Å². The van der Waals surface area contributed by atoms with Crippen LogP contribution in [0.1, 0.15) is 64.7 Å². The number of rotatable bonds is 17. The average molecular weight is 554 g/mol. The van der Waals surface area contributed by atoms with Gasteiger partial charge in [0.1, 0.15) is 48.8 Å². The molecule has 0 radical (unpaired) electrons. The fourth-order valence-electron chi connectivity index (χ4n) is 4.57. The zero-order valence-corrected chi connectivity index (χ0v) is 22.1. The third kappa shape index (κ3) is 9.89. The summed E-state index contributed by atoms with van der Waals surface area (Å²) in [4.78, 5) is 12.0. The first kappa shape index (κ1) is 33.2. The Kier molecular flexibility index (Phi) is 15.5. The highest BCUT2D eigenvalue weighted by Crippen LogP contribution is 2.29. The lowest BCUT2D eigenvalue weighted by atomic mass is 9.97. The number of nitrogens with one attached hydrogen (secondary N) is 1. The monoisotopic (exact) mass is 553 g/mol. The number of unbranched alkanes of at least 4 members (excludes halogenated alkanes) is 7. The first-order valence-corrected chi connectivity index (χ1v) is 13.7. The largest absolute Gasteiger partial charge is 0.394 e. The maximum absolute atomic E-state index is 12.0. The molecular formula is C25H47NO12. The van der Waals surface area contributed by atoms with Crippen molar-refractivity contribution in [3.05, 3.63) is 0 Å². The van der Waals surface area contributed by atoms with Gasteiger partial charge in [-0.15, -0.1) is 0 Å². The lowest BCUT2D eigenvalue weighted by Gasteiger charge is -2.45. The van der Waals surface area contributed by atoms with E-state index in [-0.39, 0.29) is 19.1 Å². The van der Waals surface area contributed by atoms with Gasteiger partial charge < -0.3 is 60.0 Å². The fraction of sp³-hybridized carbons (Fsp3) is 0.960. The maximum atomic E-state index is 12.0. The molecule has 2 fully saturated rings. The van der Waals surface area contributed by atoms with E-state index in [0.717, 1.165) is 19.3 Å². The summed E-state index contributed by atoms with van der Waals surface area (Å²) in [6.07, 6.45) is -5.53. The smallest absolute Gasteiger partial charge is 0.220 e. The molecule has 0 aromatic carbocycles. The van der Waals surface area contributed by atoms with Gasteiger partial charge in [-0.1, -0.05) is 51.9 Å². The number of hydrogen-bond donors (Lipinski definition) is 8. The van der Waals surface area contributed by atoms with Gasteiger partial charge in [0.15, 0.2) is 12.6 Å². The summed E-state index contributed by atoms with van der Waals surface area (Å²) in [5.74, 6) is -0.106. The van der Waals surface area contributed by atoms with Gasteiger partial charge in [0.25, 0.3) is 0 Å². The summed E-state index contributed by atoms with van der Waals surface area (Å²) in [6.45, 7) is 0.999. The highest BCUT2D eigenvalue weighted by Gasteiger charge is 2.50. The second-order valence-corrected chi connectivity index (χ2v) is 9.95. The first-order chi connectivity index (χ1) is 18.2. The lowest BCUT2D eigenvalue weighted by molar-refractivity contribution is -0.359. The molecule has 8 N–H and O–H groups in total. The number of aliphatic hydroxyl groups is 7. The molecule has 0 spiro atoms. The number of ether oxygens (including phenoxy) is 4. The summed E-state index contributed by atoms with van der Waals surface area (Å²) >= 11 is 0. The molecule has 10 atom stereocenters. The quantitative estimate of drug-likeness (QED) is 0.0946. The molecule has 0 saturated carbocycles. The van der Waals surface area contributed by atoms with Crippen molar-refractivity contribution < 1.29 is 59.5 Å². The van der Waals surface area contributed by atoms with Crippen LogP contribution >= 0.6 is 0 Å². The Hall–Kier alpha value is -0.970. The molecular weight excluding hydrogens is 506 g/mol. The zero-order chi connectivity index (χ0) is 28.1. The highest BCUT2D eigenvalue weighted by atomic mass is 16.7. The molecule has 0 bridgehead atoms. The van der Waals surface area contributed by atoms with Crippen LogP contribution in [0, 0.1) is 0 Å². The molecule has 0 aromatic rings. The van der Waals surface area contributed by atoms with Crippen molar-refractivity contribution in [3.8, 4) is 0 Å². The van der Waals surface area contributed by atoms with Gasteiger partial charge in [-0.3, -0.25) is 4.79 Å². The number of carbonyl (C=O) groups excluding carboxylic acids is 1. The van der Waals surface area contributed by atoms with Crippen LogP contribution in [0.25, 0.3) is 0 Å². The molecule has 0 aromatic heterocycles.